The molecule has 21 heavy (non-hydrogen) atoms. The van der Waals surface area contributed by atoms with Gasteiger partial charge in [0.1, 0.15) is 0 Å². The van der Waals surface area contributed by atoms with E-state index in [0.717, 1.165) is 12.0 Å². The largest absolute Gasteiger partial charge is 0.314 e. The van der Waals surface area contributed by atoms with Crippen molar-refractivity contribution in [2.75, 3.05) is 12.3 Å². The van der Waals surface area contributed by atoms with E-state index in [0.29, 0.717) is 0 Å². The molecule has 2 rings (SSSR count). The number of benzene rings is 1. The Kier molecular flexibility index (Phi) is 7.12. The monoisotopic (exact) mass is 305 g/mol. The summed E-state index contributed by atoms with van der Waals surface area (Å²) in [5.41, 5.74) is 4.28. The van der Waals surface area contributed by atoms with Crippen molar-refractivity contribution in [2.24, 2.45) is 5.92 Å². The normalized spacial score (nSPS) is 21.9. The minimum absolute atomic E-state index is 0.798. The average molecular weight is 306 g/mol. The smallest absolute Gasteiger partial charge is 0.0184 e. The first-order chi connectivity index (χ1) is 10.2. The molecule has 2 heteroatoms. The van der Waals surface area contributed by atoms with Crippen molar-refractivity contribution in [3.05, 3.63) is 34.9 Å². The maximum Gasteiger partial charge on any atom is 0.0184 e. The van der Waals surface area contributed by atoms with Crippen LogP contribution in [0.3, 0.4) is 0 Å². The first-order valence-electron chi connectivity index (χ1n) is 8.57. The molecule has 0 radical (unpaired) electrons. The quantitative estimate of drug-likeness (QED) is 0.671. The molecule has 118 valence electrons. The van der Waals surface area contributed by atoms with Gasteiger partial charge in [0.25, 0.3) is 0 Å². The molecule has 0 aromatic heterocycles. The zero-order valence-electron chi connectivity index (χ0n) is 14.0. The van der Waals surface area contributed by atoms with Crippen LogP contribution in [0.5, 0.6) is 0 Å². The van der Waals surface area contributed by atoms with Crippen molar-refractivity contribution in [1.82, 2.24) is 5.32 Å². The summed E-state index contributed by atoms with van der Waals surface area (Å²) in [7, 11) is 0. The average Bonchev–Trinajstić information content (AvgIpc) is 2.88. The lowest BCUT2D eigenvalue weighted by Crippen LogP contribution is -2.33. The van der Waals surface area contributed by atoms with E-state index in [1.54, 1.807) is 0 Å². The SMILES string of the molecule is CCCNC1CCCC1CCSCc1cc(C)cc(C)c1. The van der Waals surface area contributed by atoms with E-state index in [1.807, 2.05) is 0 Å². The van der Waals surface area contributed by atoms with Gasteiger partial charge in [0.05, 0.1) is 0 Å². The van der Waals surface area contributed by atoms with E-state index in [9.17, 15) is 0 Å². The Hall–Kier alpha value is -0.470. The maximum absolute atomic E-state index is 3.75. The van der Waals surface area contributed by atoms with Crippen LogP contribution in [-0.2, 0) is 5.75 Å². The van der Waals surface area contributed by atoms with Crippen molar-refractivity contribution in [3.63, 3.8) is 0 Å². The summed E-state index contributed by atoms with van der Waals surface area (Å²) in [5, 5.41) is 3.75. The highest BCUT2D eigenvalue weighted by Crippen LogP contribution is 2.30. The molecule has 1 N–H and O–H groups in total. The number of rotatable bonds is 8. The maximum atomic E-state index is 3.75. The summed E-state index contributed by atoms with van der Waals surface area (Å²) in [6, 6.07) is 7.73. The Balaban J connectivity index is 1.69. The Morgan fingerprint density at radius 1 is 1.14 bits per heavy atom. The molecule has 0 amide bonds. The molecule has 1 aromatic rings. The second kappa shape index (κ2) is 8.85. The summed E-state index contributed by atoms with van der Waals surface area (Å²) >= 11 is 2.11. The zero-order valence-corrected chi connectivity index (χ0v) is 14.8. The minimum Gasteiger partial charge on any atom is -0.314 e. The zero-order chi connectivity index (χ0) is 15.1. The van der Waals surface area contributed by atoms with E-state index >= 15 is 0 Å². The van der Waals surface area contributed by atoms with Crippen LogP contribution < -0.4 is 5.32 Å². The van der Waals surface area contributed by atoms with Crippen LogP contribution in [0.1, 0.15) is 55.7 Å². The fourth-order valence-corrected chi connectivity index (χ4v) is 4.57. The minimum atomic E-state index is 0.798. The lowest BCUT2D eigenvalue weighted by Gasteiger charge is -2.20. The molecule has 2 unspecified atom stereocenters. The first-order valence-corrected chi connectivity index (χ1v) is 9.73. The van der Waals surface area contributed by atoms with Crippen LogP contribution in [0.15, 0.2) is 18.2 Å². The summed E-state index contributed by atoms with van der Waals surface area (Å²) in [5.74, 6) is 3.40. The third-order valence-corrected chi connectivity index (χ3v) is 5.56. The molecule has 0 saturated heterocycles. The highest BCUT2D eigenvalue weighted by Gasteiger charge is 2.25. The van der Waals surface area contributed by atoms with E-state index in [1.165, 1.54) is 66.8 Å². The lowest BCUT2D eigenvalue weighted by atomic mass is 10.0. The predicted octanol–water partition coefficient (Wildman–Crippen LogP) is 5.10. The van der Waals surface area contributed by atoms with Gasteiger partial charge in [-0.2, -0.15) is 11.8 Å². The predicted molar refractivity (Wildman–Crippen MR) is 96.1 cm³/mol. The highest BCUT2D eigenvalue weighted by molar-refractivity contribution is 7.98. The van der Waals surface area contributed by atoms with Crippen LogP contribution in [0.4, 0.5) is 0 Å². The Morgan fingerprint density at radius 2 is 1.90 bits per heavy atom. The fraction of sp³-hybridized carbons (Fsp3) is 0.684. The molecule has 1 aromatic carbocycles. The summed E-state index contributed by atoms with van der Waals surface area (Å²) in [6.07, 6.45) is 6.90. The Labute approximate surface area is 135 Å². The van der Waals surface area contributed by atoms with Gasteiger partial charge in [-0.25, -0.2) is 0 Å². The van der Waals surface area contributed by atoms with Crippen LogP contribution in [0.2, 0.25) is 0 Å². The first kappa shape index (κ1) is 16.9. The van der Waals surface area contributed by atoms with Crippen molar-refractivity contribution in [2.45, 2.75) is 64.7 Å². The number of thioether (sulfide) groups is 1. The topological polar surface area (TPSA) is 12.0 Å². The molecule has 0 spiro atoms. The molecule has 0 bridgehead atoms. The second-order valence-electron chi connectivity index (χ2n) is 6.59. The van der Waals surface area contributed by atoms with Crippen LogP contribution in [0.25, 0.3) is 0 Å². The summed E-state index contributed by atoms with van der Waals surface area (Å²) in [6.45, 7) is 7.85. The molecule has 2 atom stereocenters. The van der Waals surface area contributed by atoms with E-state index < -0.39 is 0 Å². The Morgan fingerprint density at radius 3 is 2.62 bits per heavy atom. The third-order valence-electron chi connectivity index (χ3n) is 4.50. The van der Waals surface area contributed by atoms with Gasteiger partial charge in [-0.05, 0) is 63.3 Å². The lowest BCUT2D eigenvalue weighted by molar-refractivity contribution is 0.393. The standard InChI is InChI=1S/C19H31NS/c1-4-9-20-19-7-5-6-18(19)8-10-21-14-17-12-15(2)11-16(3)13-17/h11-13,18-20H,4-10,14H2,1-3H3. The van der Waals surface area contributed by atoms with Crippen molar-refractivity contribution >= 4 is 11.8 Å². The molecule has 1 nitrogen and oxygen atoms in total. The number of hydrogen-bond acceptors (Lipinski definition) is 2. The van der Waals surface area contributed by atoms with Gasteiger partial charge < -0.3 is 5.32 Å². The van der Waals surface area contributed by atoms with Crippen LogP contribution in [-0.4, -0.2) is 18.3 Å². The van der Waals surface area contributed by atoms with E-state index in [2.05, 4.69) is 56.0 Å². The van der Waals surface area contributed by atoms with Gasteiger partial charge in [-0.15, -0.1) is 0 Å². The van der Waals surface area contributed by atoms with Gasteiger partial charge in [-0.3, -0.25) is 0 Å². The molecule has 1 fully saturated rings. The van der Waals surface area contributed by atoms with Gasteiger partial charge in [0.15, 0.2) is 0 Å². The van der Waals surface area contributed by atoms with Crippen molar-refractivity contribution < 1.29 is 0 Å². The third kappa shape index (κ3) is 5.67. The van der Waals surface area contributed by atoms with Crippen LogP contribution >= 0.6 is 11.8 Å². The fourth-order valence-electron chi connectivity index (χ4n) is 3.56. The number of aryl methyl sites for hydroxylation is 2. The number of nitrogens with one attached hydrogen (secondary N) is 1. The molecular formula is C19H31NS. The van der Waals surface area contributed by atoms with Crippen LogP contribution in [0, 0.1) is 19.8 Å². The second-order valence-corrected chi connectivity index (χ2v) is 7.69. The van der Waals surface area contributed by atoms with E-state index in [-0.39, 0.29) is 0 Å². The van der Waals surface area contributed by atoms with Crippen molar-refractivity contribution in [3.8, 4) is 0 Å². The Bertz CT molecular complexity index is 409. The van der Waals surface area contributed by atoms with Gasteiger partial charge in [0, 0.05) is 11.8 Å². The van der Waals surface area contributed by atoms with E-state index in [4.69, 9.17) is 0 Å². The summed E-state index contributed by atoms with van der Waals surface area (Å²) < 4.78 is 0. The summed E-state index contributed by atoms with van der Waals surface area (Å²) in [4.78, 5) is 0. The van der Waals surface area contributed by atoms with Crippen molar-refractivity contribution in [1.29, 1.82) is 0 Å². The molecule has 0 heterocycles. The van der Waals surface area contributed by atoms with Gasteiger partial charge in [-0.1, -0.05) is 42.7 Å². The molecule has 1 saturated carbocycles. The molecular weight excluding hydrogens is 274 g/mol. The highest BCUT2D eigenvalue weighted by atomic mass is 32.2. The molecule has 0 aliphatic heterocycles. The van der Waals surface area contributed by atoms with Gasteiger partial charge >= 0.3 is 0 Å². The molecule has 1 aliphatic rings. The number of hydrogen-bond donors (Lipinski definition) is 1. The van der Waals surface area contributed by atoms with Gasteiger partial charge in [0.2, 0.25) is 0 Å². The molecule has 1 aliphatic carbocycles.